The molecule has 1 atom stereocenters. The second-order valence-corrected chi connectivity index (χ2v) is 6.54. The van der Waals surface area contributed by atoms with Crippen LogP contribution in [0.3, 0.4) is 0 Å². The molecule has 0 amide bonds. The quantitative estimate of drug-likeness (QED) is 0.877. The Hall–Kier alpha value is -1.02. The maximum absolute atomic E-state index is 3.80. The lowest BCUT2D eigenvalue weighted by atomic mass is 10.0. The number of hydrogen-bond acceptors (Lipinski definition) is 2. The Bertz CT molecular complexity index is 435. The van der Waals surface area contributed by atoms with Crippen LogP contribution in [0.1, 0.15) is 45.1 Å². The Balaban J connectivity index is 1.81. The summed E-state index contributed by atoms with van der Waals surface area (Å²) in [4.78, 5) is 2.66. The van der Waals surface area contributed by atoms with Crippen LogP contribution in [0.5, 0.6) is 0 Å². The van der Waals surface area contributed by atoms with Crippen LogP contribution >= 0.6 is 0 Å². The van der Waals surface area contributed by atoms with Crippen molar-refractivity contribution in [2.75, 3.05) is 18.0 Å². The van der Waals surface area contributed by atoms with Gasteiger partial charge in [0.15, 0.2) is 0 Å². The number of anilines is 1. The molecule has 0 bridgehead atoms. The standard InChI is InChI=1S/C18H28N2/c1-3-14(4-2)12-20-13-17(15-9-10-15)19-11-16-7-5-6-8-18(16)20/h5-8,14-15,17,19H,3-4,9-13H2,1-2H3. The molecule has 1 aliphatic heterocycles. The lowest BCUT2D eigenvalue weighted by Crippen LogP contribution is -2.41. The zero-order valence-electron chi connectivity index (χ0n) is 12.9. The molecule has 3 rings (SSSR count). The van der Waals surface area contributed by atoms with Crippen LogP contribution in [-0.2, 0) is 6.54 Å². The highest BCUT2D eigenvalue weighted by atomic mass is 15.2. The molecule has 0 spiro atoms. The average molecular weight is 272 g/mol. The van der Waals surface area contributed by atoms with Gasteiger partial charge in [-0.25, -0.2) is 0 Å². The van der Waals surface area contributed by atoms with Crippen LogP contribution in [0, 0.1) is 11.8 Å². The van der Waals surface area contributed by atoms with E-state index in [2.05, 4.69) is 48.3 Å². The van der Waals surface area contributed by atoms with E-state index in [4.69, 9.17) is 0 Å². The first-order valence-electron chi connectivity index (χ1n) is 8.38. The van der Waals surface area contributed by atoms with Crippen LogP contribution < -0.4 is 10.2 Å². The molecule has 1 heterocycles. The fourth-order valence-electron chi connectivity index (χ4n) is 3.46. The Morgan fingerprint density at radius 3 is 2.65 bits per heavy atom. The number of nitrogens with zero attached hydrogens (tertiary/aromatic N) is 1. The van der Waals surface area contributed by atoms with Gasteiger partial charge >= 0.3 is 0 Å². The van der Waals surface area contributed by atoms with E-state index in [9.17, 15) is 0 Å². The van der Waals surface area contributed by atoms with Gasteiger partial charge < -0.3 is 10.2 Å². The fraction of sp³-hybridized carbons (Fsp3) is 0.667. The van der Waals surface area contributed by atoms with Gasteiger partial charge in [-0.05, 0) is 36.3 Å². The van der Waals surface area contributed by atoms with E-state index < -0.39 is 0 Å². The van der Waals surface area contributed by atoms with Crippen LogP contribution in [0.4, 0.5) is 5.69 Å². The maximum Gasteiger partial charge on any atom is 0.0412 e. The molecule has 0 aromatic heterocycles. The summed E-state index contributed by atoms with van der Waals surface area (Å²) in [6, 6.07) is 9.66. The van der Waals surface area contributed by atoms with Crippen LogP contribution in [0.15, 0.2) is 24.3 Å². The first-order chi connectivity index (χ1) is 9.81. The van der Waals surface area contributed by atoms with Gasteiger partial charge in [0.2, 0.25) is 0 Å². The fourth-order valence-corrected chi connectivity index (χ4v) is 3.46. The molecule has 0 radical (unpaired) electrons. The highest BCUT2D eigenvalue weighted by molar-refractivity contribution is 5.54. The first kappa shape index (κ1) is 13.9. The zero-order valence-corrected chi connectivity index (χ0v) is 12.9. The monoisotopic (exact) mass is 272 g/mol. The average Bonchev–Trinajstić information content (AvgIpc) is 3.31. The van der Waals surface area contributed by atoms with E-state index in [1.165, 1.54) is 50.0 Å². The summed E-state index contributed by atoms with van der Waals surface area (Å²) in [6.45, 7) is 8.10. The van der Waals surface area contributed by atoms with Crippen molar-refractivity contribution < 1.29 is 0 Å². The molecule has 0 saturated heterocycles. The van der Waals surface area contributed by atoms with E-state index in [1.807, 2.05) is 0 Å². The topological polar surface area (TPSA) is 15.3 Å². The molecule has 1 unspecified atom stereocenters. The number of fused-ring (bicyclic) bond motifs is 1. The number of rotatable bonds is 5. The summed E-state index contributed by atoms with van der Waals surface area (Å²) in [5, 5.41) is 3.80. The van der Waals surface area contributed by atoms with E-state index in [-0.39, 0.29) is 0 Å². The lowest BCUT2D eigenvalue weighted by molar-refractivity contribution is 0.435. The van der Waals surface area contributed by atoms with Crippen LogP contribution in [-0.4, -0.2) is 19.1 Å². The van der Waals surface area contributed by atoms with Crippen molar-refractivity contribution in [1.29, 1.82) is 0 Å². The van der Waals surface area contributed by atoms with Crippen molar-refractivity contribution in [3.05, 3.63) is 29.8 Å². The van der Waals surface area contributed by atoms with Crippen molar-refractivity contribution in [2.45, 2.75) is 52.1 Å². The van der Waals surface area contributed by atoms with Gasteiger partial charge in [0.05, 0.1) is 0 Å². The highest BCUT2D eigenvalue weighted by Crippen LogP contribution is 2.36. The molecule has 1 saturated carbocycles. The Morgan fingerprint density at radius 1 is 1.20 bits per heavy atom. The zero-order chi connectivity index (χ0) is 13.9. The van der Waals surface area contributed by atoms with E-state index >= 15 is 0 Å². The third-order valence-electron chi connectivity index (χ3n) is 5.13. The molecule has 2 nitrogen and oxygen atoms in total. The summed E-state index contributed by atoms with van der Waals surface area (Å²) >= 11 is 0. The minimum absolute atomic E-state index is 0.691. The molecule has 20 heavy (non-hydrogen) atoms. The van der Waals surface area contributed by atoms with E-state index in [0.29, 0.717) is 6.04 Å². The van der Waals surface area contributed by atoms with Crippen molar-refractivity contribution in [3.8, 4) is 0 Å². The molecular weight excluding hydrogens is 244 g/mol. The maximum atomic E-state index is 3.80. The van der Waals surface area contributed by atoms with Crippen molar-refractivity contribution >= 4 is 5.69 Å². The van der Waals surface area contributed by atoms with Crippen molar-refractivity contribution in [1.82, 2.24) is 5.32 Å². The van der Waals surface area contributed by atoms with Crippen molar-refractivity contribution in [2.24, 2.45) is 11.8 Å². The Morgan fingerprint density at radius 2 is 1.95 bits per heavy atom. The number of nitrogens with one attached hydrogen (secondary N) is 1. The molecule has 2 aliphatic rings. The molecule has 1 fully saturated rings. The lowest BCUT2D eigenvalue weighted by Gasteiger charge is -2.31. The molecule has 1 aromatic carbocycles. The first-order valence-corrected chi connectivity index (χ1v) is 8.38. The molecular formula is C18H28N2. The molecule has 110 valence electrons. The normalized spacial score (nSPS) is 22.8. The predicted molar refractivity (Wildman–Crippen MR) is 86.1 cm³/mol. The largest absolute Gasteiger partial charge is 0.369 e. The number of benzene rings is 1. The molecule has 1 N–H and O–H groups in total. The third kappa shape index (κ3) is 3.01. The number of para-hydroxylation sites is 1. The summed E-state index contributed by atoms with van der Waals surface area (Å²) in [6.07, 6.45) is 5.42. The Labute approximate surface area is 123 Å². The summed E-state index contributed by atoms with van der Waals surface area (Å²) < 4.78 is 0. The van der Waals surface area contributed by atoms with Crippen LogP contribution in [0.25, 0.3) is 0 Å². The van der Waals surface area contributed by atoms with Gasteiger partial charge in [-0.2, -0.15) is 0 Å². The van der Waals surface area contributed by atoms with Gasteiger partial charge in [0.1, 0.15) is 0 Å². The van der Waals surface area contributed by atoms with E-state index in [0.717, 1.165) is 18.4 Å². The Kier molecular flexibility index (Phi) is 4.30. The SMILES string of the molecule is CCC(CC)CN1CC(C2CC2)NCc2ccccc21. The minimum Gasteiger partial charge on any atom is -0.369 e. The van der Waals surface area contributed by atoms with Gasteiger partial charge in [0, 0.05) is 31.4 Å². The third-order valence-corrected chi connectivity index (χ3v) is 5.13. The van der Waals surface area contributed by atoms with Gasteiger partial charge in [-0.1, -0.05) is 44.9 Å². The molecule has 1 aromatic rings. The van der Waals surface area contributed by atoms with Gasteiger partial charge in [-0.15, -0.1) is 0 Å². The summed E-state index contributed by atoms with van der Waals surface area (Å²) in [5.41, 5.74) is 2.94. The predicted octanol–water partition coefficient (Wildman–Crippen LogP) is 3.81. The minimum atomic E-state index is 0.691. The van der Waals surface area contributed by atoms with E-state index in [1.54, 1.807) is 0 Å². The smallest absolute Gasteiger partial charge is 0.0412 e. The molecule has 1 aliphatic carbocycles. The second-order valence-electron chi connectivity index (χ2n) is 6.54. The second kappa shape index (κ2) is 6.17. The number of hydrogen-bond donors (Lipinski definition) is 1. The summed E-state index contributed by atoms with van der Waals surface area (Å²) in [7, 11) is 0. The van der Waals surface area contributed by atoms with Crippen LogP contribution in [0.2, 0.25) is 0 Å². The van der Waals surface area contributed by atoms with Crippen molar-refractivity contribution in [3.63, 3.8) is 0 Å². The summed E-state index contributed by atoms with van der Waals surface area (Å²) in [5.74, 6) is 1.74. The van der Waals surface area contributed by atoms with Gasteiger partial charge in [-0.3, -0.25) is 0 Å². The molecule has 2 heteroatoms. The highest BCUT2D eigenvalue weighted by Gasteiger charge is 2.34. The van der Waals surface area contributed by atoms with Gasteiger partial charge in [0.25, 0.3) is 0 Å².